The number of pyridine rings is 1. The molecule has 1 aromatic heterocycles. The number of nitrogens with two attached hydrogens (primary N) is 1. The van der Waals surface area contributed by atoms with Gasteiger partial charge in [-0.05, 0) is 34.5 Å². The Morgan fingerprint density at radius 2 is 2.43 bits per heavy atom. The van der Waals surface area contributed by atoms with Gasteiger partial charge in [-0.3, -0.25) is 4.90 Å². The van der Waals surface area contributed by atoms with Crippen molar-refractivity contribution in [3.63, 3.8) is 0 Å². The van der Waals surface area contributed by atoms with Gasteiger partial charge in [-0.1, -0.05) is 6.07 Å². The maximum Gasteiger partial charge on any atom is 0.106 e. The number of hydrogen-bond acceptors (Lipinski definition) is 3. The van der Waals surface area contributed by atoms with Gasteiger partial charge in [0.2, 0.25) is 0 Å². The number of nitrogens with zero attached hydrogens (tertiary/aromatic N) is 2. The first-order valence-electron chi connectivity index (χ1n) is 4.83. The van der Waals surface area contributed by atoms with Crippen LogP contribution in [0.25, 0.3) is 0 Å². The molecule has 76 valence electrons. The monoisotopic (exact) mass is 255 g/mol. The molecule has 0 aliphatic carbocycles. The average molecular weight is 256 g/mol. The van der Waals surface area contributed by atoms with Crippen LogP contribution in [0, 0.1) is 0 Å². The summed E-state index contributed by atoms with van der Waals surface area (Å²) in [7, 11) is 0. The van der Waals surface area contributed by atoms with Gasteiger partial charge in [0.1, 0.15) is 4.60 Å². The van der Waals surface area contributed by atoms with Crippen molar-refractivity contribution in [2.45, 2.75) is 19.0 Å². The van der Waals surface area contributed by atoms with E-state index < -0.39 is 0 Å². The molecule has 1 aromatic rings. The lowest BCUT2D eigenvalue weighted by Gasteiger charge is -2.14. The fourth-order valence-corrected chi connectivity index (χ4v) is 2.15. The summed E-state index contributed by atoms with van der Waals surface area (Å²) in [6, 6.07) is 6.36. The fraction of sp³-hybridized carbons (Fsp3) is 0.500. The summed E-state index contributed by atoms with van der Waals surface area (Å²) in [6.45, 7) is 3.00. The van der Waals surface area contributed by atoms with Crippen LogP contribution in [0.1, 0.15) is 12.1 Å². The van der Waals surface area contributed by atoms with Crippen molar-refractivity contribution in [2.24, 2.45) is 5.73 Å². The lowest BCUT2D eigenvalue weighted by Crippen LogP contribution is -2.26. The first kappa shape index (κ1) is 10.1. The summed E-state index contributed by atoms with van der Waals surface area (Å²) in [5.41, 5.74) is 6.94. The zero-order valence-electron chi connectivity index (χ0n) is 7.99. The zero-order chi connectivity index (χ0) is 9.97. The van der Waals surface area contributed by atoms with Crippen molar-refractivity contribution in [3.8, 4) is 0 Å². The van der Waals surface area contributed by atoms with Crippen molar-refractivity contribution in [1.29, 1.82) is 0 Å². The summed E-state index contributed by atoms with van der Waals surface area (Å²) in [4.78, 5) is 6.74. The highest BCUT2D eigenvalue weighted by Gasteiger charge is 2.18. The molecule has 4 heteroatoms. The number of halogens is 1. The van der Waals surface area contributed by atoms with Gasteiger partial charge in [-0.2, -0.15) is 0 Å². The highest BCUT2D eigenvalue weighted by atomic mass is 79.9. The van der Waals surface area contributed by atoms with E-state index in [0.29, 0.717) is 6.04 Å². The minimum Gasteiger partial charge on any atom is -0.326 e. The van der Waals surface area contributed by atoms with Gasteiger partial charge in [0, 0.05) is 25.7 Å². The van der Waals surface area contributed by atoms with Crippen LogP contribution in [0.15, 0.2) is 22.8 Å². The molecule has 0 amide bonds. The quantitative estimate of drug-likeness (QED) is 0.813. The van der Waals surface area contributed by atoms with Crippen LogP contribution in [0.3, 0.4) is 0 Å². The molecular formula is C10H14BrN3. The largest absolute Gasteiger partial charge is 0.326 e. The maximum absolute atomic E-state index is 5.84. The molecule has 2 N–H and O–H groups in total. The standard InChI is InChI=1S/C10H14BrN3/c11-10-3-1-2-9(13-10)7-14-5-4-8(12)6-14/h1-3,8H,4-7,12H2/t8-/m0/s1. The molecule has 14 heavy (non-hydrogen) atoms. The zero-order valence-corrected chi connectivity index (χ0v) is 9.57. The fourth-order valence-electron chi connectivity index (χ4n) is 1.77. The van der Waals surface area contributed by atoms with Crippen molar-refractivity contribution < 1.29 is 0 Å². The predicted molar refractivity (Wildman–Crippen MR) is 59.8 cm³/mol. The van der Waals surface area contributed by atoms with Crippen LogP contribution in [-0.2, 0) is 6.54 Å². The van der Waals surface area contributed by atoms with Crippen LogP contribution in [0.5, 0.6) is 0 Å². The van der Waals surface area contributed by atoms with Crippen molar-refractivity contribution >= 4 is 15.9 Å². The Bertz CT molecular complexity index is 316. The molecule has 0 bridgehead atoms. The lowest BCUT2D eigenvalue weighted by atomic mass is 10.3. The Labute approximate surface area is 92.4 Å². The van der Waals surface area contributed by atoms with Crippen LogP contribution in [-0.4, -0.2) is 29.0 Å². The van der Waals surface area contributed by atoms with E-state index in [9.17, 15) is 0 Å². The SMILES string of the molecule is N[C@H]1CCN(Cc2cccc(Br)n2)C1. The van der Waals surface area contributed by atoms with Gasteiger partial charge in [0.15, 0.2) is 0 Å². The van der Waals surface area contributed by atoms with Gasteiger partial charge in [0.05, 0.1) is 5.69 Å². The van der Waals surface area contributed by atoms with E-state index in [0.717, 1.165) is 36.4 Å². The topological polar surface area (TPSA) is 42.1 Å². The minimum absolute atomic E-state index is 0.349. The Balaban J connectivity index is 1.97. The molecule has 0 radical (unpaired) electrons. The molecule has 1 aliphatic heterocycles. The molecule has 1 atom stereocenters. The van der Waals surface area contributed by atoms with Gasteiger partial charge in [0.25, 0.3) is 0 Å². The minimum atomic E-state index is 0.349. The predicted octanol–water partition coefficient (Wildman–Crippen LogP) is 1.38. The van der Waals surface area contributed by atoms with Crippen LogP contribution < -0.4 is 5.73 Å². The molecule has 1 saturated heterocycles. The highest BCUT2D eigenvalue weighted by molar-refractivity contribution is 9.10. The first-order valence-corrected chi connectivity index (χ1v) is 5.63. The molecule has 0 spiro atoms. The van der Waals surface area contributed by atoms with E-state index in [2.05, 4.69) is 31.9 Å². The van der Waals surface area contributed by atoms with Crippen molar-refractivity contribution in [2.75, 3.05) is 13.1 Å². The Kier molecular flexibility index (Phi) is 3.15. The first-order chi connectivity index (χ1) is 6.74. The lowest BCUT2D eigenvalue weighted by molar-refractivity contribution is 0.322. The Hall–Kier alpha value is -0.450. The summed E-state index contributed by atoms with van der Waals surface area (Å²) in [5.74, 6) is 0. The average Bonchev–Trinajstić information content (AvgIpc) is 2.51. The molecule has 0 aromatic carbocycles. The molecule has 1 fully saturated rings. The molecular weight excluding hydrogens is 242 g/mol. The molecule has 0 saturated carbocycles. The summed E-state index contributed by atoms with van der Waals surface area (Å²) >= 11 is 3.37. The maximum atomic E-state index is 5.84. The van der Waals surface area contributed by atoms with E-state index in [1.165, 1.54) is 0 Å². The van der Waals surface area contributed by atoms with E-state index in [1.54, 1.807) is 0 Å². The third-order valence-electron chi connectivity index (χ3n) is 2.47. The van der Waals surface area contributed by atoms with Crippen molar-refractivity contribution in [1.82, 2.24) is 9.88 Å². The third-order valence-corrected chi connectivity index (χ3v) is 2.91. The smallest absolute Gasteiger partial charge is 0.106 e. The normalized spacial score (nSPS) is 22.9. The Morgan fingerprint density at radius 1 is 1.57 bits per heavy atom. The number of rotatable bonds is 2. The second kappa shape index (κ2) is 4.38. The summed E-state index contributed by atoms with van der Waals surface area (Å²) < 4.78 is 0.901. The molecule has 2 rings (SSSR count). The second-order valence-electron chi connectivity index (χ2n) is 3.74. The van der Waals surface area contributed by atoms with Crippen LogP contribution in [0.2, 0.25) is 0 Å². The molecule has 2 heterocycles. The highest BCUT2D eigenvalue weighted by Crippen LogP contribution is 2.12. The van der Waals surface area contributed by atoms with E-state index in [1.807, 2.05) is 12.1 Å². The molecule has 0 unspecified atom stereocenters. The van der Waals surface area contributed by atoms with E-state index >= 15 is 0 Å². The van der Waals surface area contributed by atoms with Crippen LogP contribution >= 0.6 is 15.9 Å². The summed E-state index contributed by atoms with van der Waals surface area (Å²) in [5, 5.41) is 0. The molecule has 3 nitrogen and oxygen atoms in total. The van der Waals surface area contributed by atoms with Gasteiger partial charge < -0.3 is 5.73 Å². The van der Waals surface area contributed by atoms with Gasteiger partial charge in [-0.25, -0.2) is 4.98 Å². The van der Waals surface area contributed by atoms with Gasteiger partial charge >= 0.3 is 0 Å². The third kappa shape index (κ3) is 2.53. The number of aromatic nitrogens is 1. The number of hydrogen-bond donors (Lipinski definition) is 1. The van der Waals surface area contributed by atoms with Crippen LogP contribution in [0.4, 0.5) is 0 Å². The Morgan fingerprint density at radius 3 is 3.07 bits per heavy atom. The number of likely N-dealkylation sites (tertiary alicyclic amines) is 1. The van der Waals surface area contributed by atoms with E-state index in [4.69, 9.17) is 5.73 Å². The molecule has 1 aliphatic rings. The second-order valence-corrected chi connectivity index (χ2v) is 4.55. The van der Waals surface area contributed by atoms with Crippen molar-refractivity contribution in [3.05, 3.63) is 28.5 Å². The summed E-state index contributed by atoms with van der Waals surface area (Å²) in [6.07, 6.45) is 1.11. The van der Waals surface area contributed by atoms with E-state index in [-0.39, 0.29) is 0 Å². The van der Waals surface area contributed by atoms with Gasteiger partial charge in [-0.15, -0.1) is 0 Å².